The summed E-state index contributed by atoms with van der Waals surface area (Å²) in [5, 5.41) is 1.88. The fourth-order valence-electron chi connectivity index (χ4n) is 3.05. The van der Waals surface area contributed by atoms with Crippen LogP contribution in [-0.2, 0) is 11.8 Å². The van der Waals surface area contributed by atoms with Crippen LogP contribution >= 0.6 is 11.6 Å². The van der Waals surface area contributed by atoms with Crippen molar-refractivity contribution in [3.05, 3.63) is 29.3 Å². The van der Waals surface area contributed by atoms with Crippen LogP contribution in [0.1, 0.15) is 20.8 Å². The van der Waals surface area contributed by atoms with Gasteiger partial charge in [-0.25, -0.2) is 4.79 Å². The van der Waals surface area contributed by atoms with Crippen LogP contribution in [0.2, 0.25) is 5.02 Å². The summed E-state index contributed by atoms with van der Waals surface area (Å²) in [4.78, 5) is 16.2. The number of piperazine rings is 1. The highest BCUT2D eigenvalue weighted by atomic mass is 35.5. The number of aryl methyl sites for hydroxylation is 1. The van der Waals surface area contributed by atoms with Gasteiger partial charge in [0.15, 0.2) is 0 Å². The van der Waals surface area contributed by atoms with Crippen molar-refractivity contribution in [2.75, 3.05) is 31.1 Å². The number of carbonyl (C=O) groups is 1. The Morgan fingerprint density at radius 3 is 2.42 bits per heavy atom. The van der Waals surface area contributed by atoms with Gasteiger partial charge < -0.3 is 19.1 Å². The summed E-state index contributed by atoms with van der Waals surface area (Å²) in [5.74, 6) is 1.15. The van der Waals surface area contributed by atoms with E-state index >= 15 is 0 Å². The first kappa shape index (κ1) is 17.0. The third-order valence-electron chi connectivity index (χ3n) is 4.23. The van der Waals surface area contributed by atoms with Crippen LogP contribution in [0.5, 0.6) is 0 Å². The largest absolute Gasteiger partial charge is 0.444 e. The van der Waals surface area contributed by atoms with E-state index in [2.05, 4.69) is 22.6 Å². The number of benzene rings is 1. The first-order chi connectivity index (χ1) is 11.2. The molecule has 0 saturated carbocycles. The van der Waals surface area contributed by atoms with E-state index in [9.17, 15) is 4.79 Å². The zero-order valence-corrected chi connectivity index (χ0v) is 15.4. The molecule has 1 aliphatic heterocycles. The van der Waals surface area contributed by atoms with Gasteiger partial charge in [0.25, 0.3) is 0 Å². The Labute approximate surface area is 147 Å². The summed E-state index contributed by atoms with van der Waals surface area (Å²) in [6, 6.07) is 8.09. The highest BCUT2D eigenvalue weighted by Crippen LogP contribution is 2.28. The molecule has 6 heteroatoms. The van der Waals surface area contributed by atoms with Crippen molar-refractivity contribution in [3.63, 3.8) is 0 Å². The van der Waals surface area contributed by atoms with Crippen molar-refractivity contribution >= 4 is 34.4 Å². The average Bonchev–Trinajstić information content (AvgIpc) is 2.82. The Bertz CT molecular complexity index is 755. The highest BCUT2D eigenvalue weighted by molar-refractivity contribution is 6.31. The molecule has 1 saturated heterocycles. The van der Waals surface area contributed by atoms with Crippen LogP contribution in [0.15, 0.2) is 24.3 Å². The minimum absolute atomic E-state index is 0.231. The lowest BCUT2D eigenvalue weighted by atomic mass is 10.2. The van der Waals surface area contributed by atoms with Crippen molar-refractivity contribution in [2.45, 2.75) is 26.4 Å². The van der Waals surface area contributed by atoms with Gasteiger partial charge in [0.1, 0.15) is 11.4 Å². The molecule has 0 bridgehead atoms. The van der Waals surface area contributed by atoms with Gasteiger partial charge in [-0.3, -0.25) is 0 Å². The van der Waals surface area contributed by atoms with Gasteiger partial charge in [0.2, 0.25) is 0 Å². The predicted octanol–water partition coefficient (Wildman–Crippen LogP) is 3.89. The van der Waals surface area contributed by atoms with Crippen molar-refractivity contribution in [2.24, 2.45) is 7.05 Å². The smallest absolute Gasteiger partial charge is 0.410 e. The number of hydrogen-bond donors (Lipinski definition) is 0. The van der Waals surface area contributed by atoms with Gasteiger partial charge in [-0.2, -0.15) is 0 Å². The maximum Gasteiger partial charge on any atom is 0.410 e. The normalized spacial score (nSPS) is 15.9. The second-order valence-corrected chi connectivity index (χ2v) is 7.66. The van der Waals surface area contributed by atoms with E-state index in [-0.39, 0.29) is 6.09 Å². The van der Waals surface area contributed by atoms with E-state index in [0.29, 0.717) is 13.1 Å². The quantitative estimate of drug-likeness (QED) is 0.784. The van der Waals surface area contributed by atoms with Gasteiger partial charge in [-0.05, 0) is 45.0 Å². The zero-order valence-electron chi connectivity index (χ0n) is 14.7. The Morgan fingerprint density at radius 1 is 1.12 bits per heavy atom. The van der Waals surface area contributed by atoms with Gasteiger partial charge in [0, 0.05) is 49.2 Å². The van der Waals surface area contributed by atoms with Gasteiger partial charge in [-0.15, -0.1) is 0 Å². The summed E-state index contributed by atoms with van der Waals surface area (Å²) in [5.41, 5.74) is 0.701. The fraction of sp³-hybridized carbons (Fsp3) is 0.500. The number of carbonyl (C=O) groups excluding carboxylic acids is 1. The van der Waals surface area contributed by atoms with Crippen LogP contribution in [0, 0.1) is 0 Å². The summed E-state index contributed by atoms with van der Waals surface area (Å²) in [6.45, 7) is 8.58. The molecule has 0 spiro atoms. The minimum atomic E-state index is -0.455. The van der Waals surface area contributed by atoms with Crippen LogP contribution in [0.4, 0.5) is 10.6 Å². The Hall–Kier alpha value is -1.88. The summed E-state index contributed by atoms with van der Waals surface area (Å²) in [7, 11) is 2.06. The number of nitrogens with zero attached hydrogens (tertiary/aromatic N) is 3. The molecule has 24 heavy (non-hydrogen) atoms. The Kier molecular flexibility index (Phi) is 4.38. The number of fused-ring (bicyclic) bond motifs is 1. The summed E-state index contributed by atoms with van der Waals surface area (Å²) >= 11 is 6.09. The molecule has 2 heterocycles. The van der Waals surface area contributed by atoms with Crippen molar-refractivity contribution < 1.29 is 9.53 Å². The number of aromatic nitrogens is 1. The van der Waals surface area contributed by atoms with Gasteiger partial charge in [-0.1, -0.05) is 11.6 Å². The molecule has 1 aliphatic rings. The molecule has 1 amide bonds. The molecule has 0 radical (unpaired) electrons. The first-order valence-corrected chi connectivity index (χ1v) is 8.60. The average molecular weight is 350 g/mol. The minimum Gasteiger partial charge on any atom is -0.444 e. The summed E-state index contributed by atoms with van der Waals surface area (Å²) < 4.78 is 7.63. The van der Waals surface area contributed by atoms with E-state index in [0.717, 1.165) is 34.8 Å². The molecule has 0 atom stereocenters. The topological polar surface area (TPSA) is 37.7 Å². The van der Waals surface area contributed by atoms with Crippen molar-refractivity contribution in [1.29, 1.82) is 0 Å². The predicted molar refractivity (Wildman–Crippen MR) is 97.9 cm³/mol. The Balaban J connectivity index is 1.71. The maximum absolute atomic E-state index is 12.2. The Morgan fingerprint density at radius 2 is 1.79 bits per heavy atom. The molecule has 130 valence electrons. The molecule has 0 unspecified atom stereocenters. The molecule has 3 rings (SSSR count). The van der Waals surface area contributed by atoms with Crippen LogP contribution in [0.3, 0.4) is 0 Å². The summed E-state index contributed by atoms with van der Waals surface area (Å²) in [6.07, 6.45) is -0.231. The molecule has 0 aliphatic carbocycles. The molecular weight excluding hydrogens is 326 g/mol. The van der Waals surface area contributed by atoms with E-state index in [1.54, 1.807) is 4.90 Å². The van der Waals surface area contributed by atoms with Crippen LogP contribution < -0.4 is 4.90 Å². The van der Waals surface area contributed by atoms with E-state index in [1.165, 1.54) is 0 Å². The second kappa shape index (κ2) is 6.20. The molecule has 0 N–H and O–H groups in total. The number of hydrogen-bond acceptors (Lipinski definition) is 3. The molecule has 1 aromatic carbocycles. The third kappa shape index (κ3) is 3.46. The fourth-order valence-corrected chi connectivity index (χ4v) is 3.23. The molecule has 1 aromatic heterocycles. The SMILES string of the molecule is Cn1c(N2CCN(C(=O)OC(C)(C)C)CC2)cc2cc(Cl)ccc21. The lowest BCUT2D eigenvalue weighted by Crippen LogP contribution is -2.50. The van der Waals surface area contributed by atoms with E-state index in [4.69, 9.17) is 16.3 Å². The van der Waals surface area contributed by atoms with Gasteiger partial charge >= 0.3 is 6.09 Å². The van der Waals surface area contributed by atoms with Crippen LogP contribution in [0.25, 0.3) is 10.9 Å². The molecule has 1 fully saturated rings. The van der Waals surface area contributed by atoms with Crippen molar-refractivity contribution in [1.82, 2.24) is 9.47 Å². The standard InChI is InChI=1S/C18H24ClN3O2/c1-18(2,3)24-17(23)22-9-7-21(8-10-22)16-12-13-11-14(19)5-6-15(13)20(16)4/h5-6,11-12H,7-10H2,1-4H3. The monoisotopic (exact) mass is 349 g/mol. The lowest BCUT2D eigenvalue weighted by molar-refractivity contribution is 0.0240. The number of rotatable bonds is 1. The number of amides is 1. The van der Waals surface area contributed by atoms with E-state index in [1.807, 2.05) is 39.0 Å². The highest BCUT2D eigenvalue weighted by Gasteiger charge is 2.26. The van der Waals surface area contributed by atoms with Gasteiger partial charge in [0.05, 0.1) is 0 Å². The lowest BCUT2D eigenvalue weighted by Gasteiger charge is -2.36. The zero-order chi connectivity index (χ0) is 17.5. The van der Waals surface area contributed by atoms with Crippen LogP contribution in [-0.4, -0.2) is 47.3 Å². The first-order valence-electron chi connectivity index (χ1n) is 8.22. The number of ether oxygens (including phenoxy) is 1. The maximum atomic E-state index is 12.2. The molecule has 2 aromatic rings. The number of halogens is 1. The third-order valence-corrected chi connectivity index (χ3v) is 4.47. The molecular formula is C18H24ClN3O2. The molecule has 5 nitrogen and oxygen atoms in total. The van der Waals surface area contributed by atoms with E-state index < -0.39 is 5.60 Å². The number of anilines is 1. The van der Waals surface area contributed by atoms with Crippen molar-refractivity contribution in [3.8, 4) is 0 Å². The second-order valence-electron chi connectivity index (χ2n) is 7.22.